The second-order valence-corrected chi connectivity index (χ2v) is 5.08. The molecule has 0 atom stereocenters. The monoisotopic (exact) mass is 283 g/mol. The number of anilines is 1. The zero-order valence-corrected chi connectivity index (χ0v) is 10.9. The maximum absolute atomic E-state index is 11.6. The van der Waals surface area contributed by atoms with Gasteiger partial charge in [0.1, 0.15) is 5.82 Å². The predicted octanol–water partition coefficient (Wildman–Crippen LogP) is 1.37. The number of carbonyl (C=O) groups is 1. The van der Waals surface area contributed by atoms with Crippen LogP contribution in [0.2, 0.25) is 0 Å². The van der Waals surface area contributed by atoms with Crippen LogP contribution in [0, 0.1) is 5.92 Å². The lowest BCUT2D eigenvalue weighted by Gasteiger charge is -2.40. The van der Waals surface area contributed by atoms with E-state index in [2.05, 4.69) is 25.8 Å². The van der Waals surface area contributed by atoms with Gasteiger partial charge in [0.05, 0.1) is 5.92 Å². The highest BCUT2D eigenvalue weighted by Gasteiger charge is 2.34. The van der Waals surface area contributed by atoms with Crippen LogP contribution in [0.15, 0.2) is 22.8 Å². The number of pyridine rings is 1. The third-order valence-electron chi connectivity index (χ3n) is 2.71. The van der Waals surface area contributed by atoms with E-state index in [0.717, 1.165) is 23.4 Å². The highest BCUT2D eigenvalue weighted by Crippen LogP contribution is 2.24. The molecule has 0 N–H and O–H groups in total. The lowest BCUT2D eigenvalue weighted by atomic mass is 9.99. The first-order chi connectivity index (χ1) is 7.58. The first-order valence-corrected chi connectivity index (χ1v) is 5.95. The van der Waals surface area contributed by atoms with Gasteiger partial charge in [0.15, 0.2) is 0 Å². The largest absolute Gasteiger partial charge is 0.355 e. The minimum absolute atomic E-state index is 0.125. The summed E-state index contributed by atoms with van der Waals surface area (Å²) in [4.78, 5) is 19.7. The average molecular weight is 284 g/mol. The van der Waals surface area contributed by atoms with Gasteiger partial charge in [-0.25, -0.2) is 4.98 Å². The van der Waals surface area contributed by atoms with E-state index in [0.29, 0.717) is 0 Å². The van der Waals surface area contributed by atoms with Crippen LogP contribution in [-0.4, -0.2) is 43.0 Å². The van der Waals surface area contributed by atoms with Crippen molar-refractivity contribution in [2.45, 2.75) is 0 Å². The van der Waals surface area contributed by atoms with Gasteiger partial charge >= 0.3 is 0 Å². The molecule has 0 unspecified atom stereocenters. The molecule has 16 heavy (non-hydrogen) atoms. The Morgan fingerprint density at radius 2 is 2.19 bits per heavy atom. The number of nitrogens with zero attached hydrogens (tertiary/aromatic N) is 3. The van der Waals surface area contributed by atoms with Crippen LogP contribution in [0.1, 0.15) is 0 Å². The Morgan fingerprint density at radius 1 is 1.50 bits per heavy atom. The van der Waals surface area contributed by atoms with Gasteiger partial charge in [-0.3, -0.25) is 4.79 Å². The van der Waals surface area contributed by atoms with E-state index in [1.807, 2.05) is 12.1 Å². The fourth-order valence-corrected chi connectivity index (χ4v) is 1.98. The summed E-state index contributed by atoms with van der Waals surface area (Å²) in [5.41, 5.74) is 0. The van der Waals surface area contributed by atoms with Crippen molar-refractivity contribution in [2.75, 3.05) is 32.1 Å². The third-order valence-corrected chi connectivity index (χ3v) is 3.18. The average Bonchev–Trinajstić information content (AvgIpc) is 2.18. The zero-order valence-electron chi connectivity index (χ0n) is 9.35. The second kappa shape index (κ2) is 4.41. The van der Waals surface area contributed by atoms with Crippen LogP contribution >= 0.6 is 15.9 Å². The van der Waals surface area contributed by atoms with E-state index in [1.54, 1.807) is 25.2 Å². The Balaban J connectivity index is 1.93. The summed E-state index contributed by atoms with van der Waals surface area (Å²) in [5, 5.41) is 0. The molecule has 4 nitrogen and oxygen atoms in total. The molecule has 0 saturated carbocycles. The van der Waals surface area contributed by atoms with Gasteiger partial charge in [-0.2, -0.15) is 0 Å². The van der Waals surface area contributed by atoms with E-state index in [1.165, 1.54) is 0 Å². The SMILES string of the molecule is CN(C)C(=O)C1CN(c2ccc(Br)cn2)C1. The van der Waals surface area contributed by atoms with Crippen molar-refractivity contribution in [2.24, 2.45) is 5.92 Å². The molecule has 0 bridgehead atoms. The van der Waals surface area contributed by atoms with E-state index in [-0.39, 0.29) is 11.8 Å². The fourth-order valence-electron chi connectivity index (χ4n) is 1.74. The van der Waals surface area contributed by atoms with E-state index >= 15 is 0 Å². The van der Waals surface area contributed by atoms with Crippen LogP contribution in [-0.2, 0) is 4.79 Å². The molecule has 1 aromatic heterocycles. The molecule has 2 rings (SSSR count). The van der Waals surface area contributed by atoms with Gasteiger partial charge in [-0.05, 0) is 28.1 Å². The molecule has 0 spiro atoms. The van der Waals surface area contributed by atoms with Crippen molar-refractivity contribution in [1.82, 2.24) is 9.88 Å². The molecule has 5 heteroatoms. The van der Waals surface area contributed by atoms with Crippen molar-refractivity contribution in [3.8, 4) is 0 Å². The van der Waals surface area contributed by atoms with E-state index in [9.17, 15) is 4.79 Å². The number of halogens is 1. The highest BCUT2D eigenvalue weighted by atomic mass is 79.9. The van der Waals surface area contributed by atoms with Crippen LogP contribution in [0.4, 0.5) is 5.82 Å². The minimum atomic E-state index is 0.125. The molecule has 1 amide bonds. The molecule has 86 valence electrons. The third kappa shape index (κ3) is 2.19. The number of hydrogen-bond donors (Lipinski definition) is 0. The molecule has 1 aliphatic heterocycles. The smallest absolute Gasteiger partial charge is 0.228 e. The summed E-state index contributed by atoms with van der Waals surface area (Å²) in [6.45, 7) is 1.54. The Kier molecular flexibility index (Phi) is 3.14. The Hall–Kier alpha value is -1.10. The molecular weight excluding hydrogens is 270 g/mol. The van der Waals surface area contributed by atoms with Crippen LogP contribution in [0.3, 0.4) is 0 Å². The van der Waals surface area contributed by atoms with E-state index in [4.69, 9.17) is 0 Å². The van der Waals surface area contributed by atoms with Crippen LogP contribution < -0.4 is 4.90 Å². The van der Waals surface area contributed by atoms with Gasteiger partial charge in [0, 0.05) is 37.9 Å². The van der Waals surface area contributed by atoms with Crippen molar-refractivity contribution in [1.29, 1.82) is 0 Å². The second-order valence-electron chi connectivity index (χ2n) is 4.17. The number of carbonyl (C=O) groups excluding carboxylic acids is 1. The van der Waals surface area contributed by atoms with E-state index < -0.39 is 0 Å². The Morgan fingerprint density at radius 3 is 2.69 bits per heavy atom. The number of hydrogen-bond acceptors (Lipinski definition) is 3. The summed E-state index contributed by atoms with van der Waals surface area (Å²) in [7, 11) is 3.59. The van der Waals surface area contributed by atoms with Gasteiger partial charge in [-0.15, -0.1) is 0 Å². The van der Waals surface area contributed by atoms with Crippen molar-refractivity contribution in [3.05, 3.63) is 22.8 Å². The molecule has 1 saturated heterocycles. The normalized spacial score (nSPS) is 15.8. The predicted molar refractivity (Wildman–Crippen MR) is 66.3 cm³/mol. The van der Waals surface area contributed by atoms with Crippen LogP contribution in [0.25, 0.3) is 0 Å². The van der Waals surface area contributed by atoms with Crippen molar-refractivity contribution >= 4 is 27.7 Å². The molecule has 1 fully saturated rings. The molecule has 2 heterocycles. The molecule has 0 radical (unpaired) electrons. The topological polar surface area (TPSA) is 36.4 Å². The van der Waals surface area contributed by atoms with Gasteiger partial charge < -0.3 is 9.80 Å². The van der Waals surface area contributed by atoms with Crippen LogP contribution in [0.5, 0.6) is 0 Å². The molecule has 1 aliphatic rings. The summed E-state index contributed by atoms with van der Waals surface area (Å²) in [6.07, 6.45) is 1.77. The van der Waals surface area contributed by atoms with Gasteiger partial charge in [0.25, 0.3) is 0 Å². The number of aromatic nitrogens is 1. The fraction of sp³-hybridized carbons (Fsp3) is 0.455. The van der Waals surface area contributed by atoms with Crippen molar-refractivity contribution < 1.29 is 4.79 Å². The molecular formula is C11H14BrN3O. The Bertz CT molecular complexity index is 385. The van der Waals surface area contributed by atoms with Gasteiger partial charge in [-0.1, -0.05) is 0 Å². The summed E-state index contributed by atoms with van der Waals surface area (Å²) >= 11 is 3.35. The van der Waals surface area contributed by atoms with Gasteiger partial charge in [0.2, 0.25) is 5.91 Å². The number of rotatable bonds is 2. The summed E-state index contributed by atoms with van der Waals surface area (Å²) in [5.74, 6) is 1.26. The molecule has 0 aliphatic carbocycles. The quantitative estimate of drug-likeness (QED) is 0.823. The lowest BCUT2D eigenvalue weighted by molar-refractivity contribution is -0.133. The maximum atomic E-state index is 11.6. The zero-order chi connectivity index (χ0) is 11.7. The minimum Gasteiger partial charge on any atom is -0.355 e. The Labute approximate surface area is 103 Å². The highest BCUT2D eigenvalue weighted by molar-refractivity contribution is 9.10. The lowest BCUT2D eigenvalue weighted by Crippen LogP contribution is -2.53. The van der Waals surface area contributed by atoms with Crippen molar-refractivity contribution in [3.63, 3.8) is 0 Å². The summed E-state index contributed by atoms with van der Waals surface area (Å²) < 4.78 is 0.970. The summed E-state index contributed by atoms with van der Waals surface area (Å²) in [6, 6.07) is 3.92. The first kappa shape index (κ1) is 11.4. The standard InChI is InChI=1S/C11H14BrN3O/c1-14(2)11(16)8-6-15(7-8)10-4-3-9(12)5-13-10/h3-5,8H,6-7H2,1-2H3. The molecule has 1 aromatic rings. The number of amides is 1. The molecule has 0 aromatic carbocycles. The maximum Gasteiger partial charge on any atom is 0.228 e. The first-order valence-electron chi connectivity index (χ1n) is 5.15.